The number of nitriles is 1. The van der Waals surface area contributed by atoms with Crippen LogP contribution in [0.1, 0.15) is 110 Å². The van der Waals surface area contributed by atoms with E-state index in [2.05, 4.69) is 17.6 Å². The number of ketones is 2. The lowest BCUT2D eigenvalue weighted by Gasteiger charge is -2.31. The van der Waals surface area contributed by atoms with E-state index in [4.69, 9.17) is 26.7 Å². The van der Waals surface area contributed by atoms with Gasteiger partial charge in [-0.15, -0.1) is 0 Å². The third-order valence-electron chi connectivity index (χ3n) is 11.2. The van der Waals surface area contributed by atoms with Gasteiger partial charge in [-0.1, -0.05) is 51.0 Å². The minimum atomic E-state index is -1.16. The highest BCUT2D eigenvalue weighted by molar-refractivity contribution is 5.97. The highest BCUT2D eigenvalue weighted by Gasteiger charge is 2.34. The van der Waals surface area contributed by atoms with Gasteiger partial charge in [-0.25, -0.2) is 0 Å². The Kier molecular flexibility index (Phi) is 19.6. The molecule has 0 aliphatic carbocycles. The summed E-state index contributed by atoms with van der Waals surface area (Å²) in [4.78, 5) is 71.5. The zero-order valence-corrected chi connectivity index (χ0v) is 36.8. The van der Waals surface area contributed by atoms with E-state index in [1.807, 2.05) is 37.3 Å². The highest BCUT2D eigenvalue weighted by Crippen LogP contribution is 2.40. The standard InChI is InChI=1S/C48H65N7O7/c1-5-6-10-33-13-16-37(31(2)25-33)48(60)53-36(11-7-8-19-49)30-45(58)55(4)46-35-15-18-44(62-24-22-52)39(29-35)38-27-34(14-17-43(38)61-23-21-51)28-40(41(56)12-9-20-50)54-47(59)32(3)26-42(46)57/h13-18,25,27,29,32,36,40,46H,5-12,19,21-24,26,28,30,49,51-52H2,1-4H3,(H,53,60)(H,54,59)/t32-,36+,40+,46+/m1/s1. The van der Waals surface area contributed by atoms with Gasteiger partial charge in [-0.2, -0.15) is 5.26 Å². The predicted octanol–water partition coefficient (Wildman–Crippen LogP) is 5.01. The second-order valence-electron chi connectivity index (χ2n) is 16.1. The molecule has 0 radical (unpaired) electrons. The highest BCUT2D eigenvalue weighted by atomic mass is 16.5. The lowest BCUT2D eigenvalue weighted by Crippen LogP contribution is -2.46. The number of hydrogen-bond donors (Lipinski definition) is 5. The fourth-order valence-corrected chi connectivity index (χ4v) is 7.75. The Morgan fingerprint density at radius 2 is 1.61 bits per heavy atom. The summed E-state index contributed by atoms with van der Waals surface area (Å²) in [6, 6.07) is 15.8. The van der Waals surface area contributed by atoms with Crippen LogP contribution in [0.4, 0.5) is 0 Å². The first-order valence-corrected chi connectivity index (χ1v) is 21.9. The summed E-state index contributed by atoms with van der Waals surface area (Å²) in [5.74, 6) is -1.90. The number of Topliss-reactive ketones (excluding diaryl/α,β-unsaturated/α-hetero) is 2. The summed E-state index contributed by atoms with van der Waals surface area (Å²) in [6.45, 7) is 6.95. The normalized spacial score (nSPS) is 16.9. The first kappa shape index (κ1) is 49.0. The molecule has 3 aromatic rings. The lowest BCUT2D eigenvalue weighted by molar-refractivity contribution is -0.140. The fraction of sp³-hybridized carbons (Fsp3) is 0.500. The van der Waals surface area contributed by atoms with Crippen LogP contribution in [0.15, 0.2) is 54.6 Å². The number of carbonyl (C=O) groups excluding carboxylic acids is 5. The Labute approximate surface area is 366 Å². The Bertz CT molecular complexity index is 2070. The number of carbonyl (C=O) groups is 5. The second kappa shape index (κ2) is 24.7. The number of amides is 3. The van der Waals surface area contributed by atoms with Gasteiger partial charge in [-0.05, 0) is 98.2 Å². The Morgan fingerprint density at radius 3 is 2.26 bits per heavy atom. The third-order valence-corrected chi connectivity index (χ3v) is 11.2. The molecule has 4 bridgehead atoms. The van der Waals surface area contributed by atoms with Crippen molar-refractivity contribution < 1.29 is 33.4 Å². The molecule has 1 heterocycles. The number of fused-ring (bicyclic) bond motifs is 5. The van der Waals surface area contributed by atoms with Crippen molar-refractivity contribution in [3.05, 3.63) is 82.4 Å². The number of benzene rings is 3. The lowest BCUT2D eigenvalue weighted by atomic mass is 9.89. The average molecular weight is 852 g/mol. The number of nitrogens with zero attached hydrogens (tertiary/aromatic N) is 2. The minimum absolute atomic E-state index is 0.0174. The molecule has 0 unspecified atom stereocenters. The molecule has 0 aromatic heterocycles. The summed E-state index contributed by atoms with van der Waals surface area (Å²) in [6.07, 6.45) is 4.58. The van der Waals surface area contributed by atoms with Crippen LogP contribution >= 0.6 is 0 Å². The molecule has 0 fully saturated rings. The number of likely N-dealkylation sites (N-methyl/N-ethyl adjacent to an activating group) is 1. The van der Waals surface area contributed by atoms with Crippen molar-refractivity contribution >= 4 is 29.3 Å². The summed E-state index contributed by atoms with van der Waals surface area (Å²) < 4.78 is 12.2. The van der Waals surface area contributed by atoms with Crippen molar-refractivity contribution in [1.82, 2.24) is 15.5 Å². The largest absolute Gasteiger partial charge is 0.492 e. The van der Waals surface area contributed by atoms with Crippen molar-refractivity contribution in [2.45, 2.75) is 110 Å². The Hall–Kier alpha value is -5.62. The summed E-state index contributed by atoms with van der Waals surface area (Å²) in [7, 11) is 1.55. The summed E-state index contributed by atoms with van der Waals surface area (Å²) >= 11 is 0. The van der Waals surface area contributed by atoms with Crippen LogP contribution in [0, 0.1) is 24.2 Å². The van der Waals surface area contributed by atoms with E-state index in [9.17, 15) is 29.2 Å². The fourth-order valence-electron chi connectivity index (χ4n) is 7.75. The number of aryl methyl sites for hydroxylation is 2. The maximum Gasteiger partial charge on any atom is 0.251 e. The summed E-state index contributed by atoms with van der Waals surface area (Å²) in [5.41, 5.74) is 22.3. The monoisotopic (exact) mass is 851 g/mol. The molecule has 4 atom stereocenters. The van der Waals surface area contributed by atoms with Crippen molar-refractivity contribution in [3.8, 4) is 28.7 Å². The molecule has 1 aliphatic rings. The van der Waals surface area contributed by atoms with Crippen molar-refractivity contribution in [2.75, 3.05) is 39.9 Å². The first-order chi connectivity index (χ1) is 29.8. The van der Waals surface area contributed by atoms with Crippen LogP contribution in [0.5, 0.6) is 11.5 Å². The zero-order chi connectivity index (χ0) is 45.2. The average Bonchev–Trinajstić information content (AvgIpc) is 3.25. The Balaban J connectivity index is 1.80. The van der Waals surface area contributed by atoms with E-state index >= 15 is 0 Å². The molecule has 8 N–H and O–H groups in total. The molecule has 62 heavy (non-hydrogen) atoms. The predicted molar refractivity (Wildman–Crippen MR) is 239 cm³/mol. The molecule has 334 valence electrons. The van der Waals surface area contributed by atoms with E-state index in [1.54, 1.807) is 44.3 Å². The number of rotatable bonds is 21. The van der Waals surface area contributed by atoms with Crippen LogP contribution in [0.3, 0.4) is 0 Å². The summed E-state index contributed by atoms with van der Waals surface area (Å²) in [5, 5.41) is 15.2. The van der Waals surface area contributed by atoms with Gasteiger partial charge in [-0.3, -0.25) is 24.0 Å². The second-order valence-corrected chi connectivity index (χ2v) is 16.1. The molecule has 14 nitrogen and oxygen atoms in total. The minimum Gasteiger partial charge on any atom is -0.492 e. The number of hydrogen-bond acceptors (Lipinski definition) is 11. The van der Waals surface area contributed by atoms with E-state index < -0.39 is 41.6 Å². The number of nitrogens with one attached hydrogen (secondary N) is 2. The van der Waals surface area contributed by atoms with Crippen molar-refractivity contribution in [1.29, 1.82) is 5.26 Å². The van der Waals surface area contributed by atoms with E-state index in [1.165, 1.54) is 4.90 Å². The van der Waals surface area contributed by atoms with E-state index in [-0.39, 0.29) is 70.1 Å². The third kappa shape index (κ3) is 13.7. The quantitative estimate of drug-likeness (QED) is 0.0895. The molecule has 4 rings (SSSR count). The van der Waals surface area contributed by atoms with Gasteiger partial charge in [0.05, 0.1) is 12.1 Å². The van der Waals surface area contributed by atoms with Gasteiger partial charge in [0.1, 0.15) is 30.8 Å². The zero-order valence-electron chi connectivity index (χ0n) is 36.8. The van der Waals surface area contributed by atoms with Crippen LogP contribution < -0.4 is 37.3 Å². The molecule has 1 aliphatic heterocycles. The molecular weight excluding hydrogens is 787 g/mol. The van der Waals surface area contributed by atoms with Crippen LogP contribution in [0.25, 0.3) is 11.1 Å². The maximum absolute atomic E-state index is 14.6. The molecule has 3 amide bonds. The van der Waals surface area contributed by atoms with Gasteiger partial charge in [0, 0.05) is 74.5 Å². The number of ether oxygens (including phenoxy) is 2. The molecule has 0 saturated carbocycles. The topological polar surface area (TPSA) is 233 Å². The van der Waals surface area contributed by atoms with Crippen molar-refractivity contribution in [3.63, 3.8) is 0 Å². The van der Waals surface area contributed by atoms with Gasteiger partial charge in [0.2, 0.25) is 11.8 Å². The Morgan fingerprint density at radius 1 is 0.919 bits per heavy atom. The first-order valence-electron chi connectivity index (χ1n) is 21.9. The smallest absolute Gasteiger partial charge is 0.251 e. The molecule has 0 spiro atoms. The van der Waals surface area contributed by atoms with Crippen LogP contribution in [-0.4, -0.2) is 86.2 Å². The molecule has 14 heteroatoms. The van der Waals surface area contributed by atoms with Gasteiger partial charge in [0.15, 0.2) is 11.6 Å². The van der Waals surface area contributed by atoms with Crippen LogP contribution in [-0.2, 0) is 32.0 Å². The van der Waals surface area contributed by atoms with E-state index in [0.717, 1.165) is 30.4 Å². The van der Waals surface area contributed by atoms with Gasteiger partial charge < -0.3 is 42.2 Å². The van der Waals surface area contributed by atoms with Crippen LogP contribution in [0.2, 0.25) is 0 Å². The molecule has 0 saturated heterocycles. The van der Waals surface area contributed by atoms with Gasteiger partial charge in [0.25, 0.3) is 5.91 Å². The maximum atomic E-state index is 14.6. The van der Waals surface area contributed by atoms with E-state index in [0.29, 0.717) is 65.1 Å². The number of nitrogens with two attached hydrogens (primary N) is 3. The van der Waals surface area contributed by atoms with Gasteiger partial charge >= 0.3 is 0 Å². The molecular formula is C48H65N7O7. The van der Waals surface area contributed by atoms with Crippen molar-refractivity contribution in [2.24, 2.45) is 23.1 Å². The molecule has 3 aromatic carbocycles. The SMILES string of the molecule is CCCCc1ccc(C(=O)N[C@@H](CCCCN)CC(=O)N(C)[C@@H]2C(=O)C[C@@H](C)C(=O)N[C@H](C(=O)CCC#N)Cc3ccc(OCCN)c(c3)-c3cc2ccc3OCCN)c(C)c1. The number of unbranched alkanes of at least 4 members (excludes halogenated alkanes) is 2.